The van der Waals surface area contributed by atoms with Gasteiger partial charge in [-0.15, -0.1) is 0 Å². The largest absolute Gasteiger partial charge is 0.354 e. The zero-order valence-corrected chi connectivity index (χ0v) is 20.1. The van der Waals surface area contributed by atoms with Gasteiger partial charge in [0.15, 0.2) is 0 Å². The summed E-state index contributed by atoms with van der Waals surface area (Å²) in [6.07, 6.45) is 0.596. The molecule has 3 heterocycles. The summed E-state index contributed by atoms with van der Waals surface area (Å²) in [6.45, 7) is 5.27. The Morgan fingerprint density at radius 2 is 1.86 bits per heavy atom. The minimum absolute atomic E-state index is 0.0175. The van der Waals surface area contributed by atoms with Crippen molar-refractivity contribution in [1.82, 2.24) is 19.8 Å². The Kier molecular flexibility index (Phi) is 7.55. The number of nitrogens with one attached hydrogen (secondary N) is 2. The van der Waals surface area contributed by atoms with Gasteiger partial charge in [0.05, 0.1) is 11.0 Å². The Morgan fingerprint density at radius 1 is 1.17 bits per heavy atom. The molecule has 1 aromatic rings. The van der Waals surface area contributed by atoms with E-state index >= 15 is 0 Å². The highest BCUT2D eigenvalue weighted by molar-refractivity contribution is 7.89. The van der Waals surface area contributed by atoms with Gasteiger partial charge in [0.1, 0.15) is 6.23 Å². The number of sulfonamides is 1. The van der Waals surface area contributed by atoms with Gasteiger partial charge in [-0.3, -0.25) is 9.59 Å². The van der Waals surface area contributed by atoms with Gasteiger partial charge in [0.2, 0.25) is 15.9 Å². The van der Waals surface area contributed by atoms with Crippen LogP contribution in [0, 0.1) is 5.92 Å². The molecule has 3 atom stereocenters. The highest BCUT2D eigenvalue weighted by atomic mass is 32.2. The van der Waals surface area contributed by atoms with Gasteiger partial charge >= 0.3 is 0 Å². The second-order valence-corrected chi connectivity index (χ2v) is 11.1. The van der Waals surface area contributed by atoms with Crippen LogP contribution in [0.25, 0.3) is 0 Å². The molecular formula is C23H30F2N4O5S. The normalized spacial score (nSPS) is 26.7. The maximum absolute atomic E-state index is 13.2. The van der Waals surface area contributed by atoms with Crippen molar-refractivity contribution in [3.8, 4) is 0 Å². The van der Waals surface area contributed by atoms with Crippen molar-refractivity contribution < 1.29 is 31.5 Å². The molecule has 2 N–H and O–H groups in total. The first kappa shape index (κ1) is 25.7. The smallest absolute Gasteiger partial charge is 0.251 e. The monoisotopic (exact) mass is 512 g/mol. The molecule has 0 spiro atoms. The molecule has 3 aliphatic rings. The van der Waals surface area contributed by atoms with Crippen LogP contribution in [0.15, 0.2) is 41.8 Å². The maximum Gasteiger partial charge on any atom is 0.251 e. The molecule has 0 radical (unpaired) electrons. The third-order valence-corrected chi connectivity index (χ3v) is 8.59. The van der Waals surface area contributed by atoms with Crippen LogP contribution in [-0.4, -0.2) is 87.0 Å². The molecule has 3 saturated heterocycles. The van der Waals surface area contributed by atoms with E-state index in [-0.39, 0.29) is 54.7 Å². The maximum atomic E-state index is 13.2. The number of benzene rings is 1. The van der Waals surface area contributed by atoms with Crippen molar-refractivity contribution in [1.29, 1.82) is 0 Å². The average Bonchev–Trinajstić information content (AvgIpc) is 3.39. The lowest BCUT2D eigenvalue weighted by atomic mass is 10.1. The summed E-state index contributed by atoms with van der Waals surface area (Å²) in [6, 6.07) is 5.72. The molecular weight excluding hydrogens is 482 g/mol. The number of hydrogen-bond donors (Lipinski definition) is 2. The first-order valence-electron chi connectivity index (χ1n) is 11.6. The fourth-order valence-corrected chi connectivity index (χ4v) is 6.20. The lowest BCUT2D eigenvalue weighted by Crippen LogP contribution is -2.43. The Labute approximate surface area is 203 Å². The molecule has 192 valence electrons. The van der Waals surface area contributed by atoms with E-state index in [4.69, 9.17) is 4.74 Å². The summed E-state index contributed by atoms with van der Waals surface area (Å²) in [5, 5.41) is 5.43. The number of amides is 2. The van der Waals surface area contributed by atoms with Crippen molar-refractivity contribution in [3.63, 3.8) is 0 Å². The Hall–Kier alpha value is -2.41. The highest BCUT2D eigenvalue weighted by Gasteiger charge is 2.46. The topological polar surface area (TPSA) is 108 Å². The lowest BCUT2D eigenvalue weighted by Gasteiger charge is -2.31. The molecule has 2 amide bonds. The van der Waals surface area contributed by atoms with Crippen molar-refractivity contribution in [2.24, 2.45) is 5.92 Å². The second kappa shape index (κ2) is 10.3. The van der Waals surface area contributed by atoms with E-state index < -0.39 is 22.2 Å². The Balaban J connectivity index is 1.26. The van der Waals surface area contributed by atoms with Crippen LogP contribution in [0.3, 0.4) is 0 Å². The molecule has 0 aliphatic carbocycles. The summed E-state index contributed by atoms with van der Waals surface area (Å²) in [5.41, 5.74) is 0.316. The number of halogens is 2. The molecule has 35 heavy (non-hydrogen) atoms. The molecule has 0 saturated carbocycles. The Bertz CT molecular complexity index is 1040. The number of piperidine rings is 1. The average molecular weight is 513 g/mol. The lowest BCUT2D eigenvalue weighted by molar-refractivity contribution is -0.120. The van der Waals surface area contributed by atoms with Gasteiger partial charge < -0.3 is 20.3 Å². The molecule has 0 aromatic heterocycles. The van der Waals surface area contributed by atoms with Gasteiger partial charge in [0, 0.05) is 63.6 Å². The third kappa shape index (κ3) is 6.05. The van der Waals surface area contributed by atoms with E-state index in [1.165, 1.54) is 28.6 Å². The van der Waals surface area contributed by atoms with Crippen LogP contribution in [0.4, 0.5) is 8.78 Å². The van der Waals surface area contributed by atoms with Crippen LogP contribution < -0.4 is 10.6 Å². The number of likely N-dealkylation sites (tertiary alicyclic amines) is 1. The quantitative estimate of drug-likeness (QED) is 0.507. The first-order valence-corrected chi connectivity index (χ1v) is 13.1. The predicted molar refractivity (Wildman–Crippen MR) is 123 cm³/mol. The van der Waals surface area contributed by atoms with Gasteiger partial charge in [-0.05, 0) is 36.8 Å². The summed E-state index contributed by atoms with van der Waals surface area (Å²) >= 11 is 0. The third-order valence-electron chi connectivity index (χ3n) is 6.75. The SMILES string of the molecule is C=CC(=O)NC1CC2CN(S(=O)(=O)c3ccc(C(=O)NCCN4CCC(F)(F)CC4)cc3)CC2O1. The van der Waals surface area contributed by atoms with E-state index in [0.717, 1.165) is 6.08 Å². The number of carbonyl (C=O) groups is 2. The minimum Gasteiger partial charge on any atom is -0.354 e. The predicted octanol–water partition coefficient (Wildman–Crippen LogP) is 1.19. The molecule has 1 aromatic carbocycles. The molecule has 12 heteroatoms. The summed E-state index contributed by atoms with van der Waals surface area (Å²) < 4.78 is 59.8. The molecule has 3 fully saturated rings. The van der Waals surface area contributed by atoms with Gasteiger partial charge in [-0.2, -0.15) is 4.31 Å². The fraction of sp³-hybridized carbons (Fsp3) is 0.565. The zero-order valence-electron chi connectivity index (χ0n) is 19.3. The van der Waals surface area contributed by atoms with E-state index in [1.54, 1.807) is 0 Å². The highest BCUT2D eigenvalue weighted by Crippen LogP contribution is 2.35. The van der Waals surface area contributed by atoms with Crippen LogP contribution >= 0.6 is 0 Å². The summed E-state index contributed by atoms with van der Waals surface area (Å²) in [7, 11) is -3.76. The fourth-order valence-electron chi connectivity index (χ4n) is 4.69. The summed E-state index contributed by atoms with van der Waals surface area (Å²) in [5.74, 6) is -3.31. The van der Waals surface area contributed by atoms with Crippen LogP contribution in [-0.2, 0) is 19.6 Å². The van der Waals surface area contributed by atoms with Gasteiger partial charge in [0.25, 0.3) is 11.8 Å². The number of fused-ring (bicyclic) bond motifs is 1. The van der Waals surface area contributed by atoms with E-state index in [1.807, 2.05) is 4.90 Å². The standard InChI is InChI=1S/C23H30F2N4O5S/c1-2-20(30)27-21-13-17-14-29(15-19(17)34-21)35(32,33)18-5-3-16(4-6-18)22(31)26-9-12-28-10-7-23(24,25)8-11-28/h2-6,17,19,21H,1,7-15H2,(H,26,31)(H,27,30). The van der Waals surface area contributed by atoms with Crippen molar-refractivity contribution in [2.75, 3.05) is 39.3 Å². The second-order valence-electron chi connectivity index (χ2n) is 9.17. The number of ether oxygens (including phenoxy) is 1. The van der Waals surface area contributed by atoms with Crippen LogP contribution in [0.1, 0.15) is 29.6 Å². The first-order chi connectivity index (χ1) is 16.6. The number of hydrogen-bond acceptors (Lipinski definition) is 6. The van der Waals surface area contributed by atoms with E-state index in [2.05, 4.69) is 17.2 Å². The van der Waals surface area contributed by atoms with Gasteiger partial charge in [-0.1, -0.05) is 6.58 Å². The molecule has 3 unspecified atom stereocenters. The van der Waals surface area contributed by atoms with E-state index in [0.29, 0.717) is 38.2 Å². The minimum atomic E-state index is -3.76. The number of rotatable bonds is 8. The molecule has 4 rings (SSSR count). The molecule has 9 nitrogen and oxygen atoms in total. The van der Waals surface area contributed by atoms with Crippen molar-refractivity contribution >= 4 is 21.8 Å². The van der Waals surface area contributed by atoms with Gasteiger partial charge in [-0.25, -0.2) is 17.2 Å². The van der Waals surface area contributed by atoms with E-state index in [9.17, 15) is 26.8 Å². The van der Waals surface area contributed by atoms with Crippen LogP contribution in [0.2, 0.25) is 0 Å². The molecule has 0 bridgehead atoms. The number of carbonyl (C=O) groups excluding carboxylic acids is 2. The zero-order chi connectivity index (χ0) is 25.2. The summed E-state index contributed by atoms with van der Waals surface area (Å²) in [4.78, 5) is 25.8. The van der Waals surface area contributed by atoms with Crippen molar-refractivity contribution in [3.05, 3.63) is 42.5 Å². The number of nitrogens with zero attached hydrogens (tertiary/aromatic N) is 2. The van der Waals surface area contributed by atoms with Crippen LogP contribution in [0.5, 0.6) is 0 Å². The van der Waals surface area contributed by atoms with Crippen molar-refractivity contribution in [2.45, 2.75) is 42.4 Å². The number of alkyl halides is 2. The molecule has 3 aliphatic heterocycles. The Morgan fingerprint density at radius 3 is 2.49 bits per heavy atom.